The number of nitro groups is 2. The number of aliphatic hydroxyl groups is 2. The molecule has 53 heavy (non-hydrogen) atoms. The normalized spacial score (nSPS) is 12.6. The van der Waals surface area contributed by atoms with Crippen molar-refractivity contribution >= 4 is 44.9 Å². The molecule has 2 aliphatic heterocycles. The lowest BCUT2D eigenvalue weighted by molar-refractivity contribution is -0.385. The molecule has 0 aliphatic carbocycles. The predicted octanol–water partition coefficient (Wildman–Crippen LogP) is 0.866. The van der Waals surface area contributed by atoms with Crippen molar-refractivity contribution in [3.05, 3.63) is 137 Å². The first-order valence-electron chi connectivity index (χ1n) is 15.2. The Morgan fingerprint density at radius 1 is 0.736 bits per heavy atom. The highest BCUT2D eigenvalue weighted by atomic mass is 16.6. The van der Waals surface area contributed by atoms with Gasteiger partial charge in [-0.1, -0.05) is 5.16 Å². The van der Waals surface area contributed by atoms with E-state index in [1.54, 1.807) is 24.3 Å². The Hall–Kier alpha value is -7.20. The number of aromatic nitrogens is 6. The van der Waals surface area contributed by atoms with Crippen LogP contribution in [0, 0.1) is 20.2 Å². The number of hydrogen-bond acceptors (Lipinski definition) is 17. The number of rotatable bonds is 7. The summed E-state index contributed by atoms with van der Waals surface area (Å²) in [5.41, 5.74) is 0.588. The number of carbonyl (C=O) groups excluding carboxylic acids is 1. The number of ketones is 1. The summed E-state index contributed by atoms with van der Waals surface area (Å²) in [6, 6.07) is 14.3. The topological polar surface area (TPSA) is 296 Å². The maximum atomic E-state index is 12.9. The van der Waals surface area contributed by atoms with Crippen LogP contribution >= 0.6 is 0 Å². The highest BCUT2D eigenvalue weighted by molar-refractivity contribution is 6.17. The van der Waals surface area contributed by atoms with E-state index < -0.39 is 21.2 Å². The SMILES string of the molecule is NOCCO.O=C1c2cc([N+](=O)[O-])ccc2-n2c1nc1ncccc1c2=O.O=c1c2cccnc2nc2n1-c1ccc([N+](=O)[O-])cc1C2=NOCCO. The minimum atomic E-state index is -0.592. The van der Waals surface area contributed by atoms with Gasteiger partial charge in [0.15, 0.2) is 28.7 Å². The van der Waals surface area contributed by atoms with E-state index >= 15 is 0 Å². The summed E-state index contributed by atoms with van der Waals surface area (Å²) in [6.07, 6.45) is 2.99. The predicted molar refractivity (Wildman–Crippen MR) is 183 cm³/mol. The third kappa shape index (κ3) is 6.57. The van der Waals surface area contributed by atoms with Crippen LogP contribution in [0.3, 0.4) is 0 Å². The molecule has 0 spiro atoms. The molecular weight excluding hydrogens is 700 g/mol. The molecule has 6 heterocycles. The number of hydrogen-bond donors (Lipinski definition) is 3. The van der Waals surface area contributed by atoms with Crippen LogP contribution < -0.4 is 17.0 Å². The highest BCUT2D eigenvalue weighted by Gasteiger charge is 2.33. The van der Waals surface area contributed by atoms with Crippen molar-refractivity contribution in [2.45, 2.75) is 0 Å². The summed E-state index contributed by atoms with van der Waals surface area (Å²) in [5, 5.41) is 43.2. The van der Waals surface area contributed by atoms with Gasteiger partial charge in [-0.05, 0) is 36.4 Å². The zero-order valence-corrected chi connectivity index (χ0v) is 26.9. The number of nitrogens with two attached hydrogens (primary N) is 1. The molecule has 6 aromatic rings. The fourth-order valence-corrected chi connectivity index (χ4v) is 5.37. The summed E-state index contributed by atoms with van der Waals surface area (Å²) < 4.78 is 2.50. The number of benzene rings is 2. The summed E-state index contributed by atoms with van der Waals surface area (Å²) >= 11 is 0. The van der Waals surface area contributed by atoms with Crippen LogP contribution in [0.4, 0.5) is 11.4 Å². The molecule has 2 aliphatic rings. The first-order valence-corrected chi connectivity index (χ1v) is 15.2. The van der Waals surface area contributed by atoms with E-state index in [0.29, 0.717) is 22.3 Å². The van der Waals surface area contributed by atoms with Crippen LogP contribution in [-0.2, 0) is 9.68 Å². The zero-order chi connectivity index (χ0) is 37.8. The van der Waals surface area contributed by atoms with E-state index in [9.17, 15) is 34.6 Å². The molecule has 0 saturated carbocycles. The van der Waals surface area contributed by atoms with E-state index in [-0.39, 0.29) is 83.0 Å². The monoisotopic (exact) mass is 724 g/mol. The van der Waals surface area contributed by atoms with E-state index in [1.165, 1.54) is 51.9 Å². The number of oxime groups is 1. The molecule has 0 bridgehead atoms. The van der Waals surface area contributed by atoms with E-state index in [2.05, 4.69) is 35.8 Å². The van der Waals surface area contributed by atoms with Crippen molar-refractivity contribution in [3.8, 4) is 11.4 Å². The summed E-state index contributed by atoms with van der Waals surface area (Å²) in [7, 11) is 0. The molecule has 8 rings (SSSR count). The first-order chi connectivity index (χ1) is 25.6. The van der Waals surface area contributed by atoms with Crippen LogP contribution in [0.2, 0.25) is 0 Å². The smallest absolute Gasteiger partial charge is 0.270 e. The highest BCUT2D eigenvalue weighted by Crippen LogP contribution is 2.31. The van der Waals surface area contributed by atoms with Gasteiger partial charge in [0.25, 0.3) is 22.5 Å². The van der Waals surface area contributed by atoms with Crippen molar-refractivity contribution in [1.82, 2.24) is 29.1 Å². The standard InChI is InChI=1S/C16H11N5O5.C14H6N4O4.C2H7NO2/c22-6-7-26-19-13-11-8-9(21(24)25)3-4-12(11)20-15(13)18-14-10(16(20)23)2-1-5-17-14;19-11-9-6-7(18(21)22)3-4-10(9)17-13(11)16-12-8(14(17)20)2-1-5-15-12;3-5-2-1-4/h1-5,8,22H,6-7H2;1-6H;4H,1-3H2. The molecular formula is C32H24N10O11. The van der Waals surface area contributed by atoms with Gasteiger partial charge >= 0.3 is 0 Å². The van der Waals surface area contributed by atoms with E-state index in [4.69, 9.17) is 15.1 Å². The summed E-state index contributed by atoms with van der Waals surface area (Å²) in [4.78, 5) is 84.2. The molecule has 2 aromatic carbocycles. The lowest BCUT2D eigenvalue weighted by atomic mass is 10.1. The van der Waals surface area contributed by atoms with Gasteiger partial charge in [-0.3, -0.25) is 43.7 Å². The van der Waals surface area contributed by atoms with Crippen LogP contribution in [-0.4, -0.2) is 87.1 Å². The number of carbonyl (C=O) groups is 1. The third-order valence-corrected chi connectivity index (χ3v) is 7.61. The van der Waals surface area contributed by atoms with Crippen molar-refractivity contribution in [2.24, 2.45) is 11.1 Å². The molecule has 268 valence electrons. The van der Waals surface area contributed by atoms with Gasteiger partial charge in [-0.2, -0.15) is 0 Å². The second-order valence-corrected chi connectivity index (χ2v) is 10.7. The van der Waals surface area contributed by atoms with Gasteiger partial charge in [-0.25, -0.2) is 25.8 Å². The second kappa shape index (κ2) is 15.0. The Bertz CT molecular complexity index is 2600. The minimum Gasteiger partial charge on any atom is -0.394 e. The van der Waals surface area contributed by atoms with Crippen molar-refractivity contribution < 1.29 is 34.5 Å². The van der Waals surface area contributed by atoms with E-state index in [0.717, 1.165) is 6.07 Å². The number of nitro benzene ring substituents is 2. The molecule has 0 unspecified atom stereocenters. The molecule has 4 aromatic heterocycles. The molecule has 0 amide bonds. The molecule has 4 N–H and O–H groups in total. The lowest BCUT2D eigenvalue weighted by Gasteiger charge is -2.05. The van der Waals surface area contributed by atoms with Gasteiger partial charge in [0.1, 0.15) is 6.61 Å². The number of nitrogens with zero attached hydrogens (tertiary/aromatic N) is 9. The number of fused-ring (bicyclic) bond motifs is 8. The van der Waals surface area contributed by atoms with Gasteiger partial charge < -0.3 is 19.9 Å². The van der Waals surface area contributed by atoms with Gasteiger partial charge in [0.2, 0.25) is 5.78 Å². The van der Waals surface area contributed by atoms with Crippen LogP contribution in [0.25, 0.3) is 33.4 Å². The van der Waals surface area contributed by atoms with Gasteiger partial charge in [-0.15, -0.1) is 0 Å². The molecule has 0 fully saturated rings. The number of aliphatic hydroxyl groups excluding tert-OH is 2. The molecule has 0 saturated heterocycles. The molecule has 21 nitrogen and oxygen atoms in total. The Morgan fingerprint density at radius 3 is 1.75 bits per heavy atom. The van der Waals surface area contributed by atoms with E-state index in [1.807, 2.05) is 0 Å². The Kier molecular flexibility index (Phi) is 10.1. The largest absolute Gasteiger partial charge is 0.394 e. The third-order valence-electron chi connectivity index (χ3n) is 7.61. The van der Waals surface area contributed by atoms with Crippen molar-refractivity contribution in [1.29, 1.82) is 0 Å². The van der Waals surface area contributed by atoms with Crippen molar-refractivity contribution in [2.75, 3.05) is 26.4 Å². The summed E-state index contributed by atoms with van der Waals surface area (Å²) in [6.45, 7) is -0.0988. The number of non-ortho nitro benzene ring substituents is 2. The van der Waals surface area contributed by atoms with Gasteiger partial charge in [0.05, 0.1) is 57.4 Å². The van der Waals surface area contributed by atoms with Crippen LogP contribution in [0.1, 0.15) is 27.6 Å². The van der Waals surface area contributed by atoms with Gasteiger partial charge in [0, 0.05) is 42.2 Å². The first kappa shape index (κ1) is 35.6. The average Bonchev–Trinajstić information content (AvgIpc) is 3.63. The fourth-order valence-electron chi connectivity index (χ4n) is 5.37. The quantitative estimate of drug-likeness (QED) is 0.117. The van der Waals surface area contributed by atoms with Crippen LogP contribution in [0.5, 0.6) is 0 Å². The van der Waals surface area contributed by atoms with Crippen molar-refractivity contribution in [3.63, 3.8) is 0 Å². The molecule has 0 radical (unpaired) electrons. The number of pyridine rings is 2. The maximum absolute atomic E-state index is 12.9. The lowest BCUT2D eigenvalue weighted by Crippen LogP contribution is -2.22. The summed E-state index contributed by atoms with van der Waals surface area (Å²) in [5.74, 6) is 4.05. The zero-order valence-electron chi connectivity index (χ0n) is 26.9. The minimum absolute atomic E-state index is 0.00347. The molecule has 21 heteroatoms. The van der Waals surface area contributed by atoms with Crippen LogP contribution in [0.15, 0.2) is 87.8 Å². The average molecular weight is 725 g/mol. The maximum Gasteiger partial charge on any atom is 0.270 e. The Balaban J connectivity index is 0.000000163. The Morgan fingerprint density at radius 2 is 1.25 bits per heavy atom. The molecule has 0 atom stereocenters. The second-order valence-electron chi connectivity index (χ2n) is 10.7. The fraction of sp³-hybridized carbons (Fsp3) is 0.125. The Labute approximate surface area is 294 Å².